The lowest BCUT2D eigenvalue weighted by Gasteiger charge is -2.35. The molecule has 2 aromatic rings. The first-order chi connectivity index (χ1) is 12.8. The average molecular weight is 393 g/mol. The van der Waals surface area contributed by atoms with Crippen LogP contribution in [0.4, 0.5) is 0 Å². The van der Waals surface area contributed by atoms with E-state index in [0.29, 0.717) is 12.4 Å². The van der Waals surface area contributed by atoms with E-state index < -0.39 is 33.3 Å². The van der Waals surface area contributed by atoms with Gasteiger partial charge in [0.15, 0.2) is 9.84 Å². The summed E-state index contributed by atoms with van der Waals surface area (Å²) in [5.74, 6) is -1.15. The minimum atomic E-state index is -4.07. The predicted octanol–water partition coefficient (Wildman–Crippen LogP) is 1.04. The van der Waals surface area contributed by atoms with Crippen LogP contribution >= 0.6 is 0 Å². The van der Waals surface area contributed by atoms with E-state index in [1.807, 2.05) is 0 Å². The van der Waals surface area contributed by atoms with Gasteiger partial charge in [-0.15, -0.1) is 0 Å². The molecule has 1 aliphatic heterocycles. The molecular weight excluding hydrogens is 374 g/mol. The first-order valence-corrected chi connectivity index (χ1v) is 9.78. The Kier molecular flexibility index (Phi) is 5.45. The molecule has 8 nitrogen and oxygen atoms in total. The fourth-order valence-electron chi connectivity index (χ4n) is 2.90. The summed E-state index contributed by atoms with van der Waals surface area (Å²) in [4.78, 5) is 15.3. The minimum Gasteiger partial charge on any atom is -0.489 e. The second kappa shape index (κ2) is 7.63. The first-order valence-electron chi connectivity index (χ1n) is 8.23. The van der Waals surface area contributed by atoms with Crippen LogP contribution in [0.3, 0.4) is 0 Å². The number of aromatic nitrogens is 1. The molecule has 2 unspecified atom stereocenters. The molecular formula is C18H19NO7S. The molecule has 0 spiro atoms. The molecule has 2 N–H and O–H groups in total. The van der Waals surface area contributed by atoms with Crippen LogP contribution in [0.2, 0.25) is 0 Å². The van der Waals surface area contributed by atoms with Gasteiger partial charge in [-0.25, -0.2) is 13.2 Å². The van der Waals surface area contributed by atoms with Crippen molar-refractivity contribution < 1.29 is 32.9 Å². The van der Waals surface area contributed by atoms with Crippen LogP contribution in [-0.4, -0.2) is 53.6 Å². The average Bonchev–Trinajstić information content (AvgIpc) is 2.67. The lowest BCUT2D eigenvalue weighted by Crippen LogP contribution is -2.59. The number of ether oxygens (including phenoxy) is 2. The standard InChI is InChI=1S/C18H19NO7S/c20-17(21)18(22)12-25-10-7-16(18)27(23,24)15-3-1-14(2-4-15)26-11-13-5-8-19-9-6-13/h1-6,8-9,16,22H,7,10-12H2,(H,20,21). The summed E-state index contributed by atoms with van der Waals surface area (Å²) in [6, 6.07) is 9.28. The Morgan fingerprint density at radius 2 is 1.89 bits per heavy atom. The second-order valence-corrected chi connectivity index (χ2v) is 8.35. The van der Waals surface area contributed by atoms with Crippen molar-refractivity contribution in [1.82, 2.24) is 4.98 Å². The van der Waals surface area contributed by atoms with Gasteiger partial charge in [0.1, 0.15) is 17.6 Å². The third-order valence-electron chi connectivity index (χ3n) is 4.43. The minimum absolute atomic E-state index is 0.0621. The molecule has 1 fully saturated rings. The Bertz CT molecular complexity index is 899. The molecule has 0 aliphatic carbocycles. The van der Waals surface area contributed by atoms with E-state index in [0.717, 1.165) is 5.56 Å². The second-order valence-electron chi connectivity index (χ2n) is 6.22. The largest absolute Gasteiger partial charge is 0.489 e. The van der Waals surface area contributed by atoms with Gasteiger partial charge in [0, 0.05) is 19.0 Å². The van der Waals surface area contributed by atoms with Gasteiger partial charge in [0.25, 0.3) is 0 Å². The van der Waals surface area contributed by atoms with Gasteiger partial charge in [0.2, 0.25) is 5.60 Å². The Hall–Kier alpha value is -2.49. The van der Waals surface area contributed by atoms with E-state index in [1.165, 1.54) is 24.3 Å². The Morgan fingerprint density at radius 3 is 2.52 bits per heavy atom. The lowest BCUT2D eigenvalue weighted by molar-refractivity contribution is -0.171. The van der Waals surface area contributed by atoms with Crippen LogP contribution in [0.25, 0.3) is 0 Å². The normalized spacial score (nSPS) is 22.9. The molecule has 9 heteroatoms. The highest BCUT2D eigenvalue weighted by Crippen LogP contribution is 2.31. The number of sulfone groups is 1. The molecule has 0 radical (unpaired) electrons. The fraction of sp³-hybridized carbons (Fsp3) is 0.333. The first kappa shape index (κ1) is 19.3. The highest BCUT2D eigenvalue weighted by atomic mass is 32.2. The number of hydrogen-bond acceptors (Lipinski definition) is 7. The summed E-state index contributed by atoms with van der Waals surface area (Å²) < 4.78 is 36.3. The predicted molar refractivity (Wildman–Crippen MR) is 94.0 cm³/mol. The number of rotatable bonds is 6. The summed E-state index contributed by atoms with van der Waals surface area (Å²) in [7, 11) is -4.07. The fourth-order valence-corrected chi connectivity index (χ4v) is 4.83. The molecule has 1 aliphatic rings. The zero-order chi connectivity index (χ0) is 19.5. The van der Waals surface area contributed by atoms with E-state index >= 15 is 0 Å². The molecule has 3 rings (SSSR count). The van der Waals surface area contributed by atoms with Crippen molar-refractivity contribution >= 4 is 15.8 Å². The van der Waals surface area contributed by atoms with Gasteiger partial charge in [-0.1, -0.05) is 0 Å². The summed E-state index contributed by atoms with van der Waals surface area (Å²) in [5.41, 5.74) is -1.57. The smallest absolute Gasteiger partial charge is 0.339 e. The molecule has 1 saturated heterocycles. The quantitative estimate of drug-likeness (QED) is 0.746. The van der Waals surface area contributed by atoms with Crippen LogP contribution in [0, 0.1) is 0 Å². The highest BCUT2D eigenvalue weighted by molar-refractivity contribution is 7.92. The van der Waals surface area contributed by atoms with E-state index in [-0.39, 0.29) is 17.9 Å². The summed E-state index contributed by atoms with van der Waals surface area (Å²) >= 11 is 0. The van der Waals surface area contributed by atoms with Crippen molar-refractivity contribution in [2.45, 2.75) is 28.8 Å². The van der Waals surface area contributed by atoms with E-state index in [2.05, 4.69) is 4.98 Å². The molecule has 0 amide bonds. The van der Waals surface area contributed by atoms with Crippen LogP contribution in [0.1, 0.15) is 12.0 Å². The molecule has 0 saturated carbocycles. The number of aliphatic carboxylic acids is 1. The molecule has 1 aromatic carbocycles. The SMILES string of the molecule is O=C(O)C1(O)COCCC1S(=O)(=O)c1ccc(OCc2ccncc2)cc1. The van der Waals surface area contributed by atoms with Crippen molar-refractivity contribution in [3.8, 4) is 5.75 Å². The van der Waals surface area contributed by atoms with Crippen LogP contribution in [0.15, 0.2) is 53.7 Å². The van der Waals surface area contributed by atoms with Gasteiger partial charge in [-0.3, -0.25) is 4.98 Å². The van der Waals surface area contributed by atoms with Crippen molar-refractivity contribution in [2.75, 3.05) is 13.2 Å². The van der Waals surface area contributed by atoms with Crippen molar-refractivity contribution in [3.63, 3.8) is 0 Å². The number of aliphatic hydroxyl groups is 1. The van der Waals surface area contributed by atoms with Gasteiger partial charge < -0.3 is 19.7 Å². The van der Waals surface area contributed by atoms with Crippen LogP contribution < -0.4 is 4.74 Å². The molecule has 2 heterocycles. The maximum Gasteiger partial charge on any atom is 0.339 e. The number of hydrogen-bond donors (Lipinski definition) is 2. The van der Waals surface area contributed by atoms with Gasteiger partial charge in [0.05, 0.1) is 11.5 Å². The summed E-state index contributed by atoms with van der Waals surface area (Å²) in [6.07, 6.45) is 3.18. The Balaban J connectivity index is 1.78. The number of carboxylic acid groups (broad SMARTS) is 1. The third kappa shape index (κ3) is 3.95. The maximum atomic E-state index is 12.9. The monoisotopic (exact) mass is 393 g/mol. The van der Waals surface area contributed by atoms with E-state index in [9.17, 15) is 23.4 Å². The van der Waals surface area contributed by atoms with Crippen molar-refractivity contribution in [2.24, 2.45) is 0 Å². The van der Waals surface area contributed by atoms with Gasteiger partial charge in [-0.2, -0.15) is 0 Å². The molecule has 27 heavy (non-hydrogen) atoms. The van der Waals surface area contributed by atoms with Crippen LogP contribution in [0.5, 0.6) is 5.75 Å². The zero-order valence-corrected chi connectivity index (χ0v) is 15.1. The summed E-state index contributed by atoms with van der Waals surface area (Å²) in [5, 5.41) is 18.1. The van der Waals surface area contributed by atoms with E-state index in [4.69, 9.17) is 9.47 Å². The molecule has 2 atom stereocenters. The number of benzene rings is 1. The molecule has 1 aromatic heterocycles. The number of carbonyl (C=O) groups is 1. The number of carboxylic acids is 1. The van der Waals surface area contributed by atoms with Gasteiger partial charge in [-0.05, 0) is 48.4 Å². The van der Waals surface area contributed by atoms with Crippen LogP contribution in [-0.2, 0) is 26.0 Å². The molecule has 0 bridgehead atoms. The Labute approximate surface area is 156 Å². The van der Waals surface area contributed by atoms with E-state index in [1.54, 1.807) is 24.5 Å². The topological polar surface area (TPSA) is 123 Å². The van der Waals surface area contributed by atoms with Crippen molar-refractivity contribution in [3.05, 3.63) is 54.4 Å². The van der Waals surface area contributed by atoms with Gasteiger partial charge >= 0.3 is 5.97 Å². The Morgan fingerprint density at radius 1 is 1.22 bits per heavy atom. The maximum absolute atomic E-state index is 12.9. The highest BCUT2D eigenvalue weighted by Gasteiger charge is 2.53. The summed E-state index contributed by atoms with van der Waals surface area (Å²) in [6.45, 7) is -0.209. The number of nitrogens with zero attached hydrogens (tertiary/aromatic N) is 1. The third-order valence-corrected chi connectivity index (χ3v) is 6.74. The van der Waals surface area contributed by atoms with Crippen molar-refractivity contribution in [1.29, 1.82) is 0 Å². The number of pyridine rings is 1. The molecule has 144 valence electrons. The zero-order valence-electron chi connectivity index (χ0n) is 14.3. The lowest BCUT2D eigenvalue weighted by atomic mass is 9.96.